The van der Waals surface area contributed by atoms with Gasteiger partial charge >= 0.3 is 0 Å². The molecule has 2 aliphatic heterocycles. The van der Waals surface area contributed by atoms with E-state index < -0.39 is 10.0 Å². The SMILES string of the molecule is CC(C)(C)CN1CC2(CCN(S(=O)(=O)c3ccccc3)C2)C1. The lowest BCUT2D eigenvalue weighted by molar-refractivity contribution is -0.00875. The Morgan fingerprint density at radius 2 is 1.73 bits per heavy atom. The first-order valence-electron chi connectivity index (χ1n) is 7.98. The fourth-order valence-electron chi connectivity index (χ4n) is 3.78. The van der Waals surface area contributed by atoms with Crippen molar-refractivity contribution in [2.45, 2.75) is 32.1 Å². The minimum absolute atomic E-state index is 0.188. The highest BCUT2D eigenvalue weighted by molar-refractivity contribution is 7.89. The summed E-state index contributed by atoms with van der Waals surface area (Å²) >= 11 is 0. The molecule has 2 aliphatic rings. The molecule has 0 atom stereocenters. The van der Waals surface area contributed by atoms with Crippen LogP contribution in [0.3, 0.4) is 0 Å². The van der Waals surface area contributed by atoms with Gasteiger partial charge in [-0.05, 0) is 24.0 Å². The molecule has 2 saturated heterocycles. The van der Waals surface area contributed by atoms with Crippen molar-refractivity contribution < 1.29 is 8.42 Å². The Kier molecular flexibility index (Phi) is 3.86. The molecule has 0 radical (unpaired) electrons. The van der Waals surface area contributed by atoms with E-state index in [0.29, 0.717) is 23.4 Å². The Balaban J connectivity index is 1.65. The minimum Gasteiger partial charge on any atom is -0.302 e. The quantitative estimate of drug-likeness (QED) is 0.858. The van der Waals surface area contributed by atoms with Crippen LogP contribution in [0.1, 0.15) is 27.2 Å². The molecule has 0 bridgehead atoms. The lowest BCUT2D eigenvalue weighted by atomic mass is 9.78. The molecule has 5 heteroatoms. The number of hydrogen-bond acceptors (Lipinski definition) is 3. The molecular formula is C17H26N2O2S. The molecule has 0 aliphatic carbocycles. The van der Waals surface area contributed by atoms with Crippen molar-refractivity contribution in [3.63, 3.8) is 0 Å². The first kappa shape index (κ1) is 16.0. The highest BCUT2D eigenvalue weighted by Gasteiger charge is 2.50. The minimum atomic E-state index is -3.32. The molecule has 1 spiro atoms. The number of hydrogen-bond donors (Lipinski definition) is 0. The van der Waals surface area contributed by atoms with E-state index in [-0.39, 0.29) is 5.41 Å². The summed E-state index contributed by atoms with van der Waals surface area (Å²) in [5.41, 5.74) is 0.489. The molecule has 0 unspecified atom stereocenters. The zero-order valence-corrected chi connectivity index (χ0v) is 14.6. The summed E-state index contributed by atoms with van der Waals surface area (Å²) in [7, 11) is -3.32. The molecule has 3 rings (SSSR count). The molecule has 1 aromatic carbocycles. The van der Waals surface area contributed by atoms with Crippen LogP contribution in [-0.2, 0) is 10.0 Å². The molecule has 2 heterocycles. The third-order valence-electron chi connectivity index (χ3n) is 4.60. The van der Waals surface area contributed by atoms with Crippen LogP contribution in [0.15, 0.2) is 35.2 Å². The average molecular weight is 322 g/mol. The second kappa shape index (κ2) is 5.32. The maximum absolute atomic E-state index is 12.7. The summed E-state index contributed by atoms with van der Waals surface area (Å²) < 4.78 is 27.0. The van der Waals surface area contributed by atoms with E-state index in [1.54, 1.807) is 28.6 Å². The van der Waals surface area contributed by atoms with Crippen molar-refractivity contribution >= 4 is 10.0 Å². The fourth-order valence-corrected chi connectivity index (χ4v) is 5.36. The van der Waals surface area contributed by atoms with Gasteiger partial charge in [-0.15, -0.1) is 0 Å². The Bertz CT molecular complexity index is 628. The van der Waals surface area contributed by atoms with Crippen LogP contribution in [0, 0.1) is 10.8 Å². The number of benzene rings is 1. The molecule has 2 fully saturated rings. The highest BCUT2D eigenvalue weighted by Crippen LogP contribution is 2.42. The number of nitrogens with zero attached hydrogens (tertiary/aromatic N) is 2. The lowest BCUT2D eigenvalue weighted by Crippen LogP contribution is -2.59. The summed E-state index contributed by atoms with van der Waals surface area (Å²) in [6.45, 7) is 11.2. The van der Waals surface area contributed by atoms with Crippen LogP contribution in [-0.4, -0.2) is 50.3 Å². The van der Waals surface area contributed by atoms with Crippen LogP contribution in [0.25, 0.3) is 0 Å². The van der Waals surface area contributed by atoms with Crippen LogP contribution < -0.4 is 0 Å². The van der Waals surface area contributed by atoms with Gasteiger partial charge in [0.1, 0.15) is 0 Å². The standard InChI is InChI=1S/C17H26N2O2S/c1-16(2,3)11-18-12-17(13-18)9-10-19(14-17)22(20,21)15-7-5-4-6-8-15/h4-8H,9-14H2,1-3H3. The summed E-state index contributed by atoms with van der Waals surface area (Å²) in [5, 5.41) is 0. The Hall–Kier alpha value is -0.910. The first-order chi connectivity index (χ1) is 10.2. The van der Waals surface area contributed by atoms with E-state index in [4.69, 9.17) is 0 Å². The highest BCUT2D eigenvalue weighted by atomic mass is 32.2. The predicted molar refractivity (Wildman–Crippen MR) is 88.1 cm³/mol. The van der Waals surface area contributed by atoms with E-state index in [1.807, 2.05) is 6.07 Å². The zero-order valence-electron chi connectivity index (χ0n) is 13.7. The third-order valence-corrected chi connectivity index (χ3v) is 6.46. The molecule has 1 aromatic rings. The number of sulfonamides is 1. The topological polar surface area (TPSA) is 40.6 Å². The molecular weight excluding hydrogens is 296 g/mol. The van der Waals surface area contributed by atoms with Gasteiger partial charge in [0.2, 0.25) is 10.0 Å². The predicted octanol–water partition coefficient (Wildman–Crippen LogP) is 2.43. The number of rotatable bonds is 3. The van der Waals surface area contributed by atoms with Crippen molar-refractivity contribution in [2.75, 3.05) is 32.7 Å². The van der Waals surface area contributed by atoms with E-state index in [9.17, 15) is 8.42 Å². The Morgan fingerprint density at radius 3 is 2.32 bits per heavy atom. The Labute approximate surface area is 134 Å². The summed E-state index contributed by atoms with van der Waals surface area (Å²) in [4.78, 5) is 2.87. The molecule has 22 heavy (non-hydrogen) atoms. The maximum atomic E-state index is 12.7. The lowest BCUT2D eigenvalue weighted by Gasteiger charge is -2.50. The summed E-state index contributed by atoms with van der Waals surface area (Å²) in [5.74, 6) is 0. The maximum Gasteiger partial charge on any atom is 0.243 e. The fraction of sp³-hybridized carbons (Fsp3) is 0.647. The van der Waals surface area contributed by atoms with Crippen molar-refractivity contribution in [2.24, 2.45) is 10.8 Å². The van der Waals surface area contributed by atoms with E-state index >= 15 is 0 Å². The number of likely N-dealkylation sites (tertiary alicyclic amines) is 1. The van der Waals surface area contributed by atoms with Gasteiger partial charge in [0, 0.05) is 38.1 Å². The molecule has 0 N–H and O–H groups in total. The average Bonchev–Trinajstić information content (AvgIpc) is 2.83. The smallest absolute Gasteiger partial charge is 0.243 e. The van der Waals surface area contributed by atoms with Gasteiger partial charge in [0.25, 0.3) is 0 Å². The van der Waals surface area contributed by atoms with Gasteiger partial charge in [0.15, 0.2) is 0 Å². The molecule has 0 aromatic heterocycles. The summed E-state index contributed by atoms with van der Waals surface area (Å²) in [6.07, 6.45) is 0.986. The normalized spacial score (nSPS) is 22.9. The molecule has 4 nitrogen and oxygen atoms in total. The monoisotopic (exact) mass is 322 g/mol. The Morgan fingerprint density at radius 1 is 1.09 bits per heavy atom. The van der Waals surface area contributed by atoms with E-state index in [2.05, 4.69) is 25.7 Å². The van der Waals surface area contributed by atoms with Crippen molar-refractivity contribution in [1.82, 2.24) is 9.21 Å². The first-order valence-corrected chi connectivity index (χ1v) is 9.42. The van der Waals surface area contributed by atoms with Crippen LogP contribution in [0.5, 0.6) is 0 Å². The van der Waals surface area contributed by atoms with E-state index in [1.165, 1.54) is 0 Å². The van der Waals surface area contributed by atoms with Gasteiger partial charge in [0.05, 0.1) is 4.90 Å². The molecule has 0 amide bonds. The second-order valence-corrected chi connectivity index (χ2v) is 10.0. The van der Waals surface area contributed by atoms with Crippen LogP contribution >= 0.6 is 0 Å². The van der Waals surface area contributed by atoms with E-state index in [0.717, 1.165) is 26.1 Å². The van der Waals surface area contributed by atoms with Crippen LogP contribution in [0.2, 0.25) is 0 Å². The molecule has 122 valence electrons. The van der Waals surface area contributed by atoms with Crippen molar-refractivity contribution in [3.8, 4) is 0 Å². The van der Waals surface area contributed by atoms with Crippen molar-refractivity contribution in [3.05, 3.63) is 30.3 Å². The van der Waals surface area contributed by atoms with Gasteiger partial charge in [-0.1, -0.05) is 39.0 Å². The molecule has 0 saturated carbocycles. The van der Waals surface area contributed by atoms with Crippen molar-refractivity contribution in [1.29, 1.82) is 0 Å². The van der Waals surface area contributed by atoms with Crippen LogP contribution in [0.4, 0.5) is 0 Å². The van der Waals surface area contributed by atoms with Gasteiger partial charge < -0.3 is 4.90 Å². The van der Waals surface area contributed by atoms with Gasteiger partial charge in [-0.2, -0.15) is 4.31 Å². The summed E-state index contributed by atoms with van der Waals surface area (Å²) in [6, 6.07) is 8.79. The third kappa shape index (κ3) is 3.07. The largest absolute Gasteiger partial charge is 0.302 e. The zero-order chi connectivity index (χ0) is 16.0. The van der Waals surface area contributed by atoms with Gasteiger partial charge in [-0.3, -0.25) is 0 Å². The second-order valence-electron chi connectivity index (χ2n) is 8.11. The van der Waals surface area contributed by atoms with Gasteiger partial charge in [-0.25, -0.2) is 8.42 Å².